The third-order valence-corrected chi connectivity index (χ3v) is 4.44. The molecule has 102 valence electrons. The molecule has 3 rings (SSSR count). The number of ether oxygens (including phenoxy) is 2. The van der Waals surface area contributed by atoms with Crippen molar-refractivity contribution in [2.45, 2.75) is 6.42 Å². The van der Waals surface area contributed by atoms with E-state index in [2.05, 4.69) is 5.32 Å². The first kappa shape index (κ1) is 12.5. The molecular weight excluding hydrogens is 264 g/mol. The summed E-state index contributed by atoms with van der Waals surface area (Å²) in [5, 5.41) is 2.89. The van der Waals surface area contributed by atoms with Crippen LogP contribution in [0, 0.1) is 5.92 Å². The molecular formula is C13H16N2O3S. The number of anilines is 2. The first-order chi connectivity index (χ1) is 9.24. The molecule has 1 saturated heterocycles. The number of amides is 1. The van der Waals surface area contributed by atoms with Gasteiger partial charge in [-0.1, -0.05) is 0 Å². The summed E-state index contributed by atoms with van der Waals surface area (Å²) < 4.78 is 10.9. The van der Waals surface area contributed by atoms with Gasteiger partial charge in [-0.2, -0.15) is 11.8 Å². The van der Waals surface area contributed by atoms with E-state index in [-0.39, 0.29) is 11.8 Å². The van der Waals surface area contributed by atoms with Crippen molar-refractivity contribution in [3.63, 3.8) is 0 Å². The smallest absolute Gasteiger partial charge is 0.228 e. The van der Waals surface area contributed by atoms with E-state index in [1.165, 1.54) is 0 Å². The van der Waals surface area contributed by atoms with Gasteiger partial charge in [0, 0.05) is 23.8 Å². The van der Waals surface area contributed by atoms with Crippen molar-refractivity contribution >= 4 is 29.0 Å². The van der Waals surface area contributed by atoms with Gasteiger partial charge in [0.1, 0.15) is 13.2 Å². The summed E-state index contributed by atoms with van der Waals surface area (Å²) >= 11 is 1.81. The van der Waals surface area contributed by atoms with Gasteiger partial charge in [-0.3, -0.25) is 4.79 Å². The number of nitrogen functional groups attached to an aromatic ring is 1. The van der Waals surface area contributed by atoms with Crippen molar-refractivity contribution in [2.75, 3.05) is 35.8 Å². The second kappa shape index (κ2) is 5.21. The van der Waals surface area contributed by atoms with Gasteiger partial charge >= 0.3 is 0 Å². The number of hydrogen-bond acceptors (Lipinski definition) is 5. The number of thioether (sulfide) groups is 1. The largest absolute Gasteiger partial charge is 0.486 e. The molecule has 1 aromatic rings. The van der Waals surface area contributed by atoms with Gasteiger partial charge in [0.15, 0.2) is 11.5 Å². The molecule has 0 bridgehead atoms. The minimum atomic E-state index is 0.0355. The van der Waals surface area contributed by atoms with Gasteiger partial charge in [0.05, 0.1) is 11.4 Å². The number of nitrogens with two attached hydrogens (primary N) is 1. The van der Waals surface area contributed by atoms with E-state index < -0.39 is 0 Å². The SMILES string of the molecule is Nc1cc2c(cc1NC(=O)C1CCSC1)OCCO2. The summed E-state index contributed by atoms with van der Waals surface area (Å²) in [6.07, 6.45) is 0.932. The van der Waals surface area contributed by atoms with E-state index in [9.17, 15) is 4.79 Å². The van der Waals surface area contributed by atoms with E-state index >= 15 is 0 Å². The highest BCUT2D eigenvalue weighted by Gasteiger charge is 2.24. The molecule has 19 heavy (non-hydrogen) atoms. The number of hydrogen-bond donors (Lipinski definition) is 2. The molecule has 0 aromatic heterocycles. The number of benzene rings is 1. The predicted octanol–water partition coefficient (Wildman–Crippen LogP) is 1.73. The lowest BCUT2D eigenvalue weighted by atomic mass is 10.1. The molecule has 1 unspecified atom stereocenters. The fraction of sp³-hybridized carbons (Fsp3) is 0.462. The van der Waals surface area contributed by atoms with Crippen LogP contribution in [0.15, 0.2) is 12.1 Å². The molecule has 0 radical (unpaired) electrons. The van der Waals surface area contributed by atoms with Crippen LogP contribution in [0.1, 0.15) is 6.42 Å². The van der Waals surface area contributed by atoms with Crippen LogP contribution >= 0.6 is 11.8 Å². The summed E-state index contributed by atoms with van der Waals surface area (Å²) in [7, 11) is 0. The van der Waals surface area contributed by atoms with Gasteiger partial charge in [0.25, 0.3) is 0 Å². The van der Waals surface area contributed by atoms with Crippen LogP contribution in [-0.2, 0) is 4.79 Å². The second-order valence-electron chi connectivity index (χ2n) is 4.63. The second-order valence-corrected chi connectivity index (χ2v) is 5.78. The Kier molecular flexibility index (Phi) is 3.42. The molecule has 2 heterocycles. The fourth-order valence-corrected chi connectivity index (χ4v) is 3.41. The molecule has 6 heteroatoms. The van der Waals surface area contributed by atoms with E-state index in [4.69, 9.17) is 15.2 Å². The maximum Gasteiger partial charge on any atom is 0.228 e. The Morgan fingerprint density at radius 2 is 2.05 bits per heavy atom. The summed E-state index contributed by atoms with van der Waals surface area (Å²) in [6, 6.07) is 3.44. The molecule has 3 N–H and O–H groups in total. The maximum atomic E-state index is 12.1. The summed E-state index contributed by atoms with van der Waals surface area (Å²) in [6.45, 7) is 1.04. The number of rotatable bonds is 2. The predicted molar refractivity (Wildman–Crippen MR) is 75.9 cm³/mol. The molecule has 2 aliphatic heterocycles. The quantitative estimate of drug-likeness (QED) is 0.807. The lowest BCUT2D eigenvalue weighted by Crippen LogP contribution is -2.23. The summed E-state index contributed by atoms with van der Waals surface area (Å²) in [5.41, 5.74) is 7.04. The average molecular weight is 280 g/mol. The molecule has 0 spiro atoms. The van der Waals surface area contributed by atoms with Crippen molar-refractivity contribution in [3.8, 4) is 11.5 Å². The first-order valence-electron chi connectivity index (χ1n) is 6.32. The van der Waals surface area contributed by atoms with E-state index in [0.717, 1.165) is 17.9 Å². The monoisotopic (exact) mass is 280 g/mol. The zero-order chi connectivity index (χ0) is 13.2. The van der Waals surface area contributed by atoms with Crippen molar-refractivity contribution in [2.24, 2.45) is 5.92 Å². The summed E-state index contributed by atoms with van der Waals surface area (Å²) in [5.74, 6) is 3.33. The average Bonchev–Trinajstić information content (AvgIpc) is 2.93. The van der Waals surface area contributed by atoms with Crippen LogP contribution in [0.3, 0.4) is 0 Å². The summed E-state index contributed by atoms with van der Waals surface area (Å²) in [4.78, 5) is 12.1. The standard InChI is InChI=1S/C13H16N2O3S/c14-9-5-11-12(18-3-2-17-11)6-10(9)15-13(16)8-1-4-19-7-8/h5-6,8H,1-4,7,14H2,(H,15,16). The van der Waals surface area contributed by atoms with Crippen LogP contribution in [0.25, 0.3) is 0 Å². The first-order valence-corrected chi connectivity index (χ1v) is 7.47. The van der Waals surface area contributed by atoms with Gasteiger partial charge in [-0.15, -0.1) is 0 Å². The van der Waals surface area contributed by atoms with Crippen molar-refractivity contribution in [1.82, 2.24) is 0 Å². The van der Waals surface area contributed by atoms with Gasteiger partial charge < -0.3 is 20.5 Å². The Labute approximate surface area is 115 Å². The Balaban J connectivity index is 1.78. The molecule has 0 aliphatic carbocycles. The molecule has 1 aromatic carbocycles. The Morgan fingerprint density at radius 1 is 1.32 bits per heavy atom. The van der Waals surface area contributed by atoms with Crippen LogP contribution in [0.5, 0.6) is 11.5 Å². The molecule has 1 fully saturated rings. The lowest BCUT2D eigenvalue weighted by Gasteiger charge is -2.20. The molecule has 0 saturated carbocycles. The Hall–Kier alpha value is -1.56. The minimum Gasteiger partial charge on any atom is -0.486 e. The van der Waals surface area contributed by atoms with E-state index in [1.807, 2.05) is 11.8 Å². The molecule has 1 atom stereocenters. The minimum absolute atomic E-state index is 0.0355. The number of carbonyl (C=O) groups excluding carboxylic acids is 1. The topological polar surface area (TPSA) is 73.6 Å². The van der Waals surface area contributed by atoms with E-state index in [0.29, 0.717) is 36.1 Å². The van der Waals surface area contributed by atoms with Crippen LogP contribution in [0.4, 0.5) is 11.4 Å². The van der Waals surface area contributed by atoms with Crippen molar-refractivity contribution in [1.29, 1.82) is 0 Å². The van der Waals surface area contributed by atoms with Crippen LogP contribution < -0.4 is 20.5 Å². The zero-order valence-electron chi connectivity index (χ0n) is 10.5. The molecule has 5 nitrogen and oxygen atoms in total. The molecule has 2 aliphatic rings. The third-order valence-electron chi connectivity index (χ3n) is 3.27. The van der Waals surface area contributed by atoms with Crippen molar-refractivity contribution < 1.29 is 14.3 Å². The van der Waals surface area contributed by atoms with Gasteiger partial charge in [-0.25, -0.2) is 0 Å². The molecule has 1 amide bonds. The lowest BCUT2D eigenvalue weighted by molar-refractivity contribution is -0.119. The third kappa shape index (κ3) is 2.58. The fourth-order valence-electron chi connectivity index (χ4n) is 2.19. The number of nitrogens with one attached hydrogen (secondary N) is 1. The number of carbonyl (C=O) groups is 1. The maximum absolute atomic E-state index is 12.1. The Morgan fingerprint density at radius 3 is 2.74 bits per heavy atom. The normalized spacial score (nSPS) is 21.2. The number of fused-ring (bicyclic) bond motifs is 1. The van der Waals surface area contributed by atoms with Gasteiger partial charge in [0.2, 0.25) is 5.91 Å². The highest BCUT2D eigenvalue weighted by atomic mass is 32.2. The van der Waals surface area contributed by atoms with Crippen LogP contribution in [-0.4, -0.2) is 30.6 Å². The van der Waals surface area contributed by atoms with Gasteiger partial charge in [-0.05, 0) is 12.2 Å². The van der Waals surface area contributed by atoms with E-state index in [1.54, 1.807) is 12.1 Å². The highest BCUT2D eigenvalue weighted by molar-refractivity contribution is 7.99. The zero-order valence-corrected chi connectivity index (χ0v) is 11.3. The van der Waals surface area contributed by atoms with Crippen LogP contribution in [0.2, 0.25) is 0 Å². The van der Waals surface area contributed by atoms with Crippen molar-refractivity contribution in [3.05, 3.63) is 12.1 Å². The Bertz CT molecular complexity index is 501. The highest BCUT2D eigenvalue weighted by Crippen LogP contribution is 2.37.